The molecule has 3 nitrogen and oxygen atoms in total. The minimum Gasteiger partial charge on any atom is -0.377 e. The van der Waals surface area contributed by atoms with E-state index < -0.39 is 39.0 Å². The maximum Gasteiger partial charge on any atom is 0.152 e. The molecule has 0 heterocycles. The molecule has 0 saturated heterocycles. The van der Waals surface area contributed by atoms with Crippen molar-refractivity contribution in [2.24, 2.45) is 0 Å². The van der Waals surface area contributed by atoms with Crippen molar-refractivity contribution in [2.75, 3.05) is 17.3 Å². The third-order valence-electron chi connectivity index (χ3n) is 1.95. The fourth-order valence-electron chi connectivity index (χ4n) is 1.42. The summed E-state index contributed by atoms with van der Waals surface area (Å²) in [4.78, 5) is 0. The third-order valence-corrected chi connectivity index (χ3v) is 3.06. The average molecular weight is 267 g/mol. The Hall–Kier alpha value is -1.24. The summed E-state index contributed by atoms with van der Waals surface area (Å²) in [6.45, 7) is 1.46. The van der Waals surface area contributed by atoms with Crippen LogP contribution in [0.1, 0.15) is 6.92 Å². The summed E-state index contributed by atoms with van der Waals surface area (Å²) in [5.41, 5.74) is -0.525. The predicted octanol–water partition coefficient (Wildman–Crippen LogP) is 1.95. The first-order valence-electron chi connectivity index (χ1n) is 4.78. The molecule has 96 valence electrons. The second-order valence-corrected chi connectivity index (χ2v) is 6.07. The molecule has 7 heteroatoms. The lowest BCUT2D eigenvalue weighted by Crippen LogP contribution is -2.26. The number of anilines is 1. The van der Waals surface area contributed by atoms with Crippen LogP contribution < -0.4 is 5.32 Å². The van der Waals surface area contributed by atoms with Crippen LogP contribution in [0.2, 0.25) is 0 Å². The van der Waals surface area contributed by atoms with Gasteiger partial charge in [0.05, 0.1) is 5.75 Å². The lowest BCUT2D eigenvalue weighted by molar-refractivity contribution is 0.544. The molecule has 0 fully saturated rings. The summed E-state index contributed by atoms with van der Waals surface area (Å²) in [6, 6.07) is 0.372. The molecule has 1 unspecified atom stereocenters. The summed E-state index contributed by atoms with van der Waals surface area (Å²) in [5, 5.41) is 2.37. The van der Waals surface area contributed by atoms with Crippen molar-refractivity contribution in [3.63, 3.8) is 0 Å². The minimum absolute atomic E-state index is 0.275. The summed E-state index contributed by atoms with van der Waals surface area (Å²) >= 11 is 0. The van der Waals surface area contributed by atoms with Gasteiger partial charge in [-0.15, -0.1) is 0 Å². The minimum atomic E-state index is -3.26. The zero-order valence-electron chi connectivity index (χ0n) is 9.30. The molecule has 1 aromatic rings. The Balaban J connectivity index is 2.89. The van der Waals surface area contributed by atoms with E-state index in [-0.39, 0.29) is 5.75 Å². The van der Waals surface area contributed by atoms with Gasteiger partial charge in [-0.1, -0.05) is 0 Å². The highest BCUT2D eigenvalue weighted by Crippen LogP contribution is 2.21. The third kappa shape index (κ3) is 4.26. The van der Waals surface area contributed by atoms with Gasteiger partial charge in [0.1, 0.15) is 21.3 Å². The number of rotatable bonds is 4. The zero-order chi connectivity index (χ0) is 13.2. The molecular weight excluding hydrogens is 255 g/mol. The second-order valence-electron chi connectivity index (χ2n) is 3.88. The highest BCUT2D eigenvalue weighted by molar-refractivity contribution is 7.90. The molecule has 1 rings (SSSR count). The van der Waals surface area contributed by atoms with Crippen LogP contribution >= 0.6 is 0 Å². The fourth-order valence-corrected chi connectivity index (χ4v) is 2.41. The molecule has 0 saturated carbocycles. The van der Waals surface area contributed by atoms with Gasteiger partial charge in [-0.05, 0) is 6.92 Å². The van der Waals surface area contributed by atoms with Crippen LogP contribution in [0.25, 0.3) is 0 Å². The molecule has 0 amide bonds. The van der Waals surface area contributed by atoms with E-state index in [1.54, 1.807) is 0 Å². The first-order valence-corrected chi connectivity index (χ1v) is 6.84. The van der Waals surface area contributed by atoms with Crippen LogP contribution in [-0.2, 0) is 9.84 Å². The predicted molar refractivity (Wildman–Crippen MR) is 59.1 cm³/mol. The SMILES string of the molecule is CC(CS(C)(=O)=O)Nc1c(F)cc(F)cc1F. The van der Waals surface area contributed by atoms with E-state index in [0.29, 0.717) is 12.1 Å². The van der Waals surface area contributed by atoms with Gasteiger partial charge >= 0.3 is 0 Å². The van der Waals surface area contributed by atoms with Crippen molar-refractivity contribution in [1.29, 1.82) is 0 Å². The van der Waals surface area contributed by atoms with Gasteiger partial charge in [0.2, 0.25) is 0 Å². The van der Waals surface area contributed by atoms with E-state index in [1.165, 1.54) is 6.92 Å². The van der Waals surface area contributed by atoms with Gasteiger partial charge < -0.3 is 5.32 Å². The van der Waals surface area contributed by atoms with E-state index in [2.05, 4.69) is 5.32 Å². The Bertz CT molecular complexity index is 493. The number of benzene rings is 1. The van der Waals surface area contributed by atoms with Gasteiger partial charge in [0.25, 0.3) is 0 Å². The number of hydrogen-bond donors (Lipinski definition) is 1. The van der Waals surface area contributed by atoms with Gasteiger partial charge in [-0.2, -0.15) is 0 Å². The maximum atomic E-state index is 13.2. The lowest BCUT2D eigenvalue weighted by atomic mass is 10.2. The van der Waals surface area contributed by atoms with Gasteiger partial charge in [-0.25, -0.2) is 21.6 Å². The summed E-state index contributed by atoms with van der Waals surface area (Å²) < 4.78 is 61.0. The quantitative estimate of drug-likeness (QED) is 0.907. The van der Waals surface area contributed by atoms with Gasteiger partial charge in [-0.3, -0.25) is 0 Å². The van der Waals surface area contributed by atoms with Crippen LogP contribution in [-0.4, -0.2) is 26.5 Å². The fraction of sp³-hybridized carbons (Fsp3) is 0.400. The largest absolute Gasteiger partial charge is 0.377 e. The van der Waals surface area contributed by atoms with E-state index in [4.69, 9.17) is 0 Å². The summed E-state index contributed by atoms with van der Waals surface area (Å²) in [7, 11) is -3.26. The Labute approximate surface area is 97.6 Å². The number of hydrogen-bond acceptors (Lipinski definition) is 3. The molecule has 0 aliphatic rings. The van der Waals surface area contributed by atoms with Crippen molar-refractivity contribution in [3.05, 3.63) is 29.6 Å². The molecule has 0 aliphatic heterocycles. The van der Waals surface area contributed by atoms with E-state index in [0.717, 1.165) is 6.26 Å². The van der Waals surface area contributed by atoms with Crippen molar-refractivity contribution < 1.29 is 21.6 Å². The van der Waals surface area contributed by atoms with Gasteiger partial charge in [0, 0.05) is 24.4 Å². The molecule has 0 bridgehead atoms. The molecule has 1 atom stereocenters. The van der Waals surface area contributed by atoms with Crippen LogP contribution in [0.3, 0.4) is 0 Å². The molecular formula is C10H12F3NO2S. The standard InChI is InChI=1S/C10H12F3NO2S/c1-6(5-17(2,15)16)14-10-8(12)3-7(11)4-9(10)13/h3-4,6,14H,5H2,1-2H3. The number of sulfone groups is 1. The summed E-state index contributed by atoms with van der Waals surface area (Å²) in [6.07, 6.45) is 1.02. The van der Waals surface area contributed by atoms with E-state index in [9.17, 15) is 21.6 Å². The average Bonchev–Trinajstić information content (AvgIpc) is 2.08. The van der Waals surface area contributed by atoms with Crippen molar-refractivity contribution >= 4 is 15.5 Å². The molecule has 17 heavy (non-hydrogen) atoms. The second kappa shape index (κ2) is 4.95. The Kier molecular flexibility index (Phi) is 4.03. The zero-order valence-corrected chi connectivity index (χ0v) is 10.1. The number of nitrogens with one attached hydrogen (secondary N) is 1. The molecule has 0 aliphatic carbocycles. The smallest absolute Gasteiger partial charge is 0.152 e. The molecule has 1 aromatic carbocycles. The van der Waals surface area contributed by atoms with Gasteiger partial charge in [0.15, 0.2) is 11.6 Å². The van der Waals surface area contributed by atoms with Crippen molar-refractivity contribution in [3.8, 4) is 0 Å². The lowest BCUT2D eigenvalue weighted by Gasteiger charge is -2.15. The van der Waals surface area contributed by atoms with Crippen molar-refractivity contribution in [2.45, 2.75) is 13.0 Å². The first-order chi connectivity index (χ1) is 7.69. The molecule has 0 radical (unpaired) electrons. The Morgan fingerprint density at radius 1 is 1.24 bits per heavy atom. The maximum absolute atomic E-state index is 13.2. The van der Waals surface area contributed by atoms with E-state index >= 15 is 0 Å². The molecule has 0 spiro atoms. The first kappa shape index (κ1) is 13.8. The Morgan fingerprint density at radius 2 is 1.71 bits per heavy atom. The number of halogens is 3. The van der Waals surface area contributed by atoms with Crippen LogP contribution in [0.5, 0.6) is 0 Å². The van der Waals surface area contributed by atoms with Crippen LogP contribution in [0, 0.1) is 17.5 Å². The van der Waals surface area contributed by atoms with Crippen molar-refractivity contribution in [1.82, 2.24) is 0 Å². The molecule has 0 aromatic heterocycles. The van der Waals surface area contributed by atoms with Crippen LogP contribution in [0.4, 0.5) is 18.9 Å². The normalized spacial score (nSPS) is 13.5. The highest BCUT2D eigenvalue weighted by Gasteiger charge is 2.16. The topological polar surface area (TPSA) is 46.2 Å². The van der Waals surface area contributed by atoms with Crippen LogP contribution in [0.15, 0.2) is 12.1 Å². The highest BCUT2D eigenvalue weighted by atomic mass is 32.2. The summed E-state index contributed by atoms with van der Waals surface area (Å²) in [5.74, 6) is -3.49. The Morgan fingerprint density at radius 3 is 2.12 bits per heavy atom. The molecule has 1 N–H and O–H groups in total. The van der Waals surface area contributed by atoms with E-state index in [1.807, 2.05) is 0 Å². The monoisotopic (exact) mass is 267 g/mol.